The number of ether oxygens (including phenoxy) is 1. The predicted octanol–water partition coefficient (Wildman–Crippen LogP) is 3.30. The second-order valence-electron chi connectivity index (χ2n) is 6.61. The number of aromatic nitrogens is 3. The Morgan fingerprint density at radius 3 is 2.77 bits per heavy atom. The average Bonchev–Trinajstić information content (AvgIpc) is 3.36. The molecular weight excluding hydrogens is 487 g/mol. The highest BCUT2D eigenvalue weighted by atomic mass is 79.9. The number of carbonyl (C=O) groups is 1. The number of hydrogen-bond donors (Lipinski definition) is 1. The fourth-order valence-electron chi connectivity index (χ4n) is 3.13. The number of amides is 1. The molecule has 0 unspecified atom stereocenters. The first kappa shape index (κ1) is 21.2. The van der Waals surface area contributed by atoms with E-state index in [1.165, 1.54) is 11.3 Å². The van der Waals surface area contributed by atoms with E-state index in [4.69, 9.17) is 4.74 Å². The van der Waals surface area contributed by atoms with Crippen molar-refractivity contribution >= 4 is 38.8 Å². The Bertz CT molecular complexity index is 1050. The third-order valence-corrected chi connectivity index (χ3v) is 6.25. The van der Waals surface area contributed by atoms with E-state index < -0.39 is 17.8 Å². The minimum absolute atomic E-state index is 0.0634. The number of halogens is 4. The van der Waals surface area contributed by atoms with Gasteiger partial charge in [0.1, 0.15) is 0 Å². The molecule has 1 fully saturated rings. The zero-order chi connectivity index (χ0) is 21.3. The SMILES string of the molecule is O=C(NCCN1CCOCC1)c1nn2c(C(F)(F)F)cc(-c3cccs3)nc2c1Br. The third-order valence-electron chi connectivity index (χ3n) is 4.63. The van der Waals surface area contributed by atoms with Crippen LogP contribution in [0.1, 0.15) is 16.2 Å². The first-order valence-electron chi connectivity index (χ1n) is 9.13. The van der Waals surface area contributed by atoms with Gasteiger partial charge in [-0.25, -0.2) is 9.50 Å². The zero-order valence-corrected chi connectivity index (χ0v) is 18.0. The number of nitrogens with one attached hydrogen (secondary N) is 1. The van der Waals surface area contributed by atoms with Crippen LogP contribution in [0.5, 0.6) is 0 Å². The highest BCUT2D eigenvalue weighted by Gasteiger charge is 2.36. The molecule has 3 aromatic heterocycles. The van der Waals surface area contributed by atoms with Gasteiger partial charge in [0.25, 0.3) is 5.91 Å². The van der Waals surface area contributed by atoms with Crippen LogP contribution >= 0.6 is 27.3 Å². The quantitative estimate of drug-likeness (QED) is 0.578. The van der Waals surface area contributed by atoms with Crippen molar-refractivity contribution in [1.29, 1.82) is 0 Å². The number of morpholine rings is 1. The Morgan fingerprint density at radius 2 is 2.10 bits per heavy atom. The van der Waals surface area contributed by atoms with Crippen LogP contribution < -0.4 is 5.32 Å². The summed E-state index contributed by atoms with van der Waals surface area (Å²) in [4.78, 5) is 19.6. The van der Waals surface area contributed by atoms with E-state index in [2.05, 4.69) is 36.2 Å². The number of nitrogens with zero attached hydrogens (tertiary/aromatic N) is 4. The molecule has 0 bridgehead atoms. The molecule has 1 saturated heterocycles. The van der Waals surface area contributed by atoms with Gasteiger partial charge in [0.2, 0.25) is 0 Å². The van der Waals surface area contributed by atoms with Crippen molar-refractivity contribution in [2.24, 2.45) is 0 Å². The molecule has 0 aliphatic carbocycles. The van der Waals surface area contributed by atoms with Crippen molar-refractivity contribution in [2.75, 3.05) is 39.4 Å². The van der Waals surface area contributed by atoms with Crippen LogP contribution in [-0.2, 0) is 10.9 Å². The first-order chi connectivity index (χ1) is 14.3. The molecule has 7 nitrogen and oxygen atoms in total. The lowest BCUT2D eigenvalue weighted by Gasteiger charge is -2.26. The summed E-state index contributed by atoms with van der Waals surface area (Å²) in [5.74, 6) is -0.563. The molecule has 1 aliphatic heterocycles. The van der Waals surface area contributed by atoms with E-state index in [1.807, 2.05) is 0 Å². The standard InChI is InChI=1S/C18H17BrF3N5O2S/c19-14-15(17(28)23-3-4-26-5-7-29-8-6-26)25-27-13(18(20,21)22)10-11(24-16(14)27)12-2-1-9-30-12/h1-2,9-10H,3-8H2,(H,23,28). The summed E-state index contributed by atoms with van der Waals surface area (Å²) in [5.41, 5.74) is -1.03. The summed E-state index contributed by atoms with van der Waals surface area (Å²) in [6.07, 6.45) is -4.66. The van der Waals surface area contributed by atoms with E-state index in [-0.39, 0.29) is 21.5 Å². The lowest BCUT2D eigenvalue weighted by Crippen LogP contribution is -2.41. The topological polar surface area (TPSA) is 71.8 Å². The van der Waals surface area contributed by atoms with Crippen LogP contribution in [0.3, 0.4) is 0 Å². The van der Waals surface area contributed by atoms with Crippen molar-refractivity contribution in [2.45, 2.75) is 6.18 Å². The summed E-state index contributed by atoms with van der Waals surface area (Å²) in [6.45, 7) is 3.80. The van der Waals surface area contributed by atoms with Gasteiger partial charge in [-0.05, 0) is 33.4 Å². The predicted molar refractivity (Wildman–Crippen MR) is 109 cm³/mol. The highest BCUT2D eigenvalue weighted by molar-refractivity contribution is 9.10. The molecular formula is C18H17BrF3N5O2S. The average molecular weight is 504 g/mol. The Hall–Kier alpha value is -2.02. The van der Waals surface area contributed by atoms with Crippen molar-refractivity contribution in [3.63, 3.8) is 0 Å². The van der Waals surface area contributed by atoms with Crippen LogP contribution in [-0.4, -0.2) is 64.8 Å². The van der Waals surface area contributed by atoms with Gasteiger partial charge >= 0.3 is 6.18 Å². The summed E-state index contributed by atoms with van der Waals surface area (Å²) < 4.78 is 47.1. The normalized spacial score (nSPS) is 15.6. The number of thiophene rings is 1. The van der Waals surface area contributed by atoms with Crippen LogP contribution in [0.25, 0.3) is 16.2 Å². The summed E-state index contributed by atoms with van der Waals surface area (Å²) in [7, 11) is 0. The molecule has 3 aromatic rings. The number of rotatable bonds is 5. The van der Waals surface area contributed by atoms with Gasteiger partial charge in [-0.2, -0.15) is 18.3 Å². The Morgan fingerprint density at radius 1 is 1.33 bits per heavy atom. The second kappa shape index (κ2) is 8.61. The van der Waals surface area contributed by atoms with E-state index in [0.29, 0.717) is 35.7 Å². The van der Waals surface area contributed by atoms with Crippen LogP contribution in [0.4, 0.5) is 13.2 Å². The van der Waals surface area contributed by atoms with Crippen molar-refractivity contribution in [3.8, 4) is 10.6 Å². The zero-order valence-electron chi connectivity index (χ0n) is 15.6. The van der Waals surface area contributed by atoms with E-state index in [0.717, 1.165) is 19.2 Å². The molecule has 4 heterocycles. The molecule has 0 atom stereocenters. The molecule has 0 saturated carbocycles. The van der Waals surface area contributed by atoms with E-state index in [1.54, 1.807) is 17.5 Å². The van der Waals surface area contributed by atoms with Gasteiger partial charge in [0, 0.05) is 26.2 Å². The second-order valence-corrected chi connectivity index (χ2v) is 8.35. The van der Waals surface area contributed by atoms with Gasteiger partial charge in [0.05, 0.1) is 28.3 Å². The maximum absolute atomic E-state index is 13.7. The smallest absolute Gasteiger partial charge is 0.379 e. The Labute approximate surface area is 182 Å². The molecule has 1 N–H and O–H groups in total. The third kappa shape index (κ3) is 4.36. The molecule has 160 valence electrons. The minimum atomic E-state index is -4.66. The van der Waals surface area contributed by atoms with Crippen molar-refractivity contribution in [3.05, 3.63) is 39.4 Å². The Balaban J connectivity index is 1.62. The fourth-order valence-corrected chi connectivity index (χ4v) is 4.33. The van der Waals surface area contributed by atoms with E-state index >= 15 is 0 Å². The monoisotopic (exact) mass is 503 g/mol. The maximum atomic E-state index is 13.7. The molecule has 30 heavy (non-hydrogen) atoms. The molecule has 0 aromatic carbocycles. The molecule has 4 rings (SSSR count). The van der Waals surface area contributed by atoms with Crippen molar-refractivity contribution < 1.29 is 22.7 Å². The summed E-state index contributed by atoms with van der Waals surface area (Å²) >= 11 is 4.50. The molecule has 12 heteroatoms. The van der Waals surface area contributed by atoms with Gasteiger partial charge < -0.3 is 10.1 Å². The number of hydrogen-bond acceptors (Lipinski definition) is 6. The summed E-state index contributed by atoms with van der Waals surface area (Å²) in [5, 5.41) is 8.38. The number of fused-ring (bicyclic) bond motifs is 1. The number of alkyl halides is 3. The van der Waals surface area contributed by atoms with Crippen LogP contribution in [0.2, 0.25) is 0 Å². The summed E-state index contributed by atoms with van der Waals surface area (Å²) in [6, 6.07) is 4.36. The van der Waals surface area contributed by atoms with Crippen molar-refractivity contribution in [1.82, 2.24) is 24.8 Å². The minimum Gasteiger partial charge on any atom is -0.379 e. The molecule has 1 aliphatic rings. The van der Waals surface area contributed by atoms with Gasteiger partial charge in [-0.1, -0.05) is 6.07 Å². The largest absolute Gasteiger partial charge is 0.433 e. The van der Waals surface area contributed by atoms with E-state index in [9.17, 15) is 18.0 Å². The van der Waals surface area contributed by atoms with Crippen LogP contribution in [0.15, 0.2) is 28.1 Å². The fraction of sp³-hybridized carbons (Fsp3) is 0.389. The van der Waals surface area contributed by atoms with Gasteiger partial charge in [0.15, 0.2) is 17.0 Å². The van der Waals surface area contributed by atoms with Crippen LogP contribution in [0, 0.1) is 0 Å². The Kier molecular flexibility index (Phi) is 6.09. The first-order valence-corrected chi connectivity index (χ1v) is 10.8. The lowest BCUT2D eigenvalue weighted by molar-refractivity contribution is -0.142. The van der Waals surface area contributed by atoms with Gasteiger partial charge in [-0.3, -0.25) is 9.69 Å². The number of carbonyl (C=O) groups excluding carboxylic acids is 1. The van der Waals surface area contributed by atoms with Gasteiger partial charge in [-0.15, -0.1) is 11.3 Å². The molecule has 0 spiro atoms. The lowest BCUT2D eigenvalue weighted by atomic mass is 10.2. The molecule has 1 amide bonds. The highest BCUT2D eigenvalue weighted by Crippen LogP contribution is 2.35. The molecule has 0 radical (unpaired) electrons. The maximum Gasteiger partial charge on any atom is 0.433 e.